The Morgan fingerprint density at radius 2 is 1.79 bits per heavy atom. The third kappa shape index (κ3) is 4.59. The molecule has 3 rings (SSSR count). The van der Waals surface area contributed by atoms with Crippen molar-refractivity contribution in [3.8, 4) is 5.88 Å². The number of para-hydroxylation sites is 1. The number of nitrogens with one attached hydrogen (secondary N) is 1. The second-order valence-corrected chi connectivity index (χ2v) is 7.16. The summed E-state index contributed by atoms with van der Waals surface area (Å²) in [5.41, 5.74) is 6.24. The first-order valence-corrected chi connectivity index (χ1v) is 9.52. The molecule has 0 unspecified atom stereocenters. The van der Waals surface area contributed by atoms with Gasteiger partial charge >= 0.3 is 0 Å². The van der Waals surface area contributed by atoms with E-state index in [4.69, 9.17) is 5.73 Å². The predicted octanol–water partition coefficient (Wildman–Crippen LogP) is 2.48. The molecular weight excluding hydrogens is 489 g/mol. The highest BCUT2D eigenvalue weighted by Gasteiger charge is 2.18. The summed E-state index contributed by atoms with van der Waals surface area (Å²) in [5.74, 6) is -2.07. The Kier molecular flexibility index (Phi) is 6.22. The van der Waals surface area contributed by atoms with E-state index in [1.807, 2.05) is 22.6 Å². The van der Waals surface area contributed by atoms with Crippen molar-refractivity contribution < 1.29 is 19.5 Å². The minimum Gasteiger partial charge on any atom is -0.493 e. The zero-order valence-corrected chi connectivity index (χ0v) is 17.2. The minimum atomic E-state index is -0.699. The lowest BCUT2D eigenvalue weighted by atomic mass is 10.2. The molecule has 3 amide bonds. The Balaban J connectivity index is 1.76. The number of primary amides is 1. The van der Waals surface area contributed by atoms with Gasteiger partial charge in [0.1, 0.15) is 13.1 Å². The van der Waals surface area contributed by atoms with Gasteiger partial charge in [-0.25, -0.2) is 0 Å². The highest BCUT2D eigenvalue weighted by Crippen LogP contribution is 2.38. The molecule has 0 aliphatic carbocycles. The number of nitrogens with zero attached hydrogens (tertiary/aromatic N) is 3. The predicted molar refractivity (Wildman–Crippen MR) is 114 cm³/mol. The largest absolute Gasteiger partial charge is 0.493 e. The number of nitrogens with two attached hydrogens (primary N) is 1. The standard InChI is InChI=1S/C19H16IN5O4/c20-13-7-3-1-5-11(13)18(28)22-9-16(27)23-24-17-12-6-2-4-8-14(12)25(19(17)29)10-15(21)26/h1-8,29H,9-10H2,(H2,21,26)(H,22,28). The Morgan fingerprint density at radius 3 is 2.52 bits per heavy atom. The van der Waals surface area contributed by atoms with Crippen LogP contribution in [0, 0.1) is 3.57 Å². The number of hydrogen-bond acceptors (Lipinski definition) is 5. The summed E-state index contributed by atoms with van der Waals surface area (Å²) in [6, 6.07) is 13.8. The van der Waals surface area contributed by atoms with Crippen molar-refractivity contribution in [1.82, 2.24) is 9.88 Å². The molecule has 0 saturated heterocycles. The van der Waals surface area contributed by atoms with E-state index in [0.717, 1.165) is 3.57 Å². The first-order chi connectivity index (χ1) is 13.9. The summed E-state index contributed by atoms with van der Waals surface area (Å²) in [5, 5.41) is 20.8. The van der Waals surface area contributed by atoms with Crippen molar-refractivity contribution in [3.63, 3.8) is 0 Å². The summed E-state index contributed by atoms with van der Waals surface area (Å²) < 4.78 is 2.04. The van der Waals surface area contributed by atoms with Gasteiger partial charge in [0.15, 0.2) is 5.69 Å². The van der Waals surface area contributed by atoms with Crippen LogP contribution in [0.25, 0.3) is 10.9 Å². The van der Waals surface area contributed by atoms with Gasteiger partial charge in [-0.05, 0) is 40.8 Å². The molecule has 1 aromatic heterocycles. The second-order valence-electron chi connectivity index (χ2n) is 6.00. The highest BCUT2D eigenvalue weighted by molar-refractivity contribution is 14.1. The van der Waals surface area contributed by atoms with E-state index >= 15 is 0 Å². The topological polar surface area (TPSA) is 139 Å². The number of halogens is 1. The van der Waals surface area contributed by atoms with Crippen LogP contribution in [0.4, 0.5) is 5.69 Å². The smallest absolute Gasteiger partial charge is 0.283 e. The SMILES string of the molecule is NC(=O)Cn1c(O)c(N=NC(=O)CNC(=O)c2ccccc2I)c2ccccc21. The number of amides is 3. The number of carbonyl (C=O) groups is 3. The minimum absolute atomic E-state index is 0.0409. The molecule has 29 heavy (non-hydrogen) atoms. The Hall–Kier alpha value is -3.28. The summed E-state index contributed by atoms with van der Waals surface area (Å²) in [7, 11) is 0. The zero-order valence-electron chi connectivity index (χ0n) is 15.0. The van der Waals surface area contributed by atoms with Gasteiger partial charge in [-0.15, -0.1) is 10.2 Å². The van der Waals surface area contributed by atoms with Crippen molar-refractivity contribution in [3.05, 3.63) is 57.7 Å². The Bertz CT molecular complexity index is 1140. The van der Waals surface area contributed by atoms with Crippen LogP contribution in [0.15, 0.2) is 58.8 Å². The number of carbonyl (C=O) groups excluding carboxylic acids is 3. The fourth-order valence-electron chi connectivity index (χ4n) is 2.72. The third-order valence-corrected chi connectivity index (χ3v) is 4.95. The van der Waals surface area contributed by atoms with E-state index < -0.39 is 17.7 Å². The monoisotopic (exact) mass is 505 g/mol. The van der Waals surface area contributed by atoms with Crippen LogP contribution in [-0.2, 0) is 16.1 Å². The number of aromatic nitrogens is 1. The van der Waals surface area contributed by atoms with Gasteiger partial charge in [-0.1, -0.05) is 30.3 Å². The number of azo groups is 1. The molecule has 0 aliphatic heterocycles. The molecule has 0 saturated carbocycles. The van der Waals surface area contributed by atoms with Crippen LogP contribution >= 0.6 is 22.6 Å². The average Bonchev–Trinajstić information content (AvgIpc) is 2.96. The molecule has 1 heterocycles. The van der Waals surface area contributed by atoms with Gasteiger partial charge in [-0.3, -0.25) is 14.4 Å². The number of fused-ring (bicyclic) bond motifs is 1. The molecule has 0 radical (unpaired) electrons. The summed E-state index contributed by atoms with van der Waals surface area (Å²) in [6.07, 6.45) is 0. The fraction of sp³-hybridized carbons (Fsp3) is 0.105. The molecule has 0 bridgehead atoms. The maximum atomic E-state index is 12.2. The van der Waals surface area contributed by atoms with Gasteiger partial charge in [0.2, 0.25) is 11.8 Å². The molecule has 2 aromatic carbocycles. The third-order valence-electron chi connectivity index (χ3n) is 4.01. The van der Waals surface area contributed by atoms with Crippen LogP contribution in [0.3, 0.4) is 0 Å². The highest BCUT2D eigenvalue weighted by atomic mass is 127. The van der Waals surface area contributed by atoms with E-state index in [2.05, 4.69) is 15.5 Å². The van der Waals surface area contributed by atoms with Crippen molar-refractivity contribution in [1.29, 1.82) is 0 Å². The van der Waals surface area contributed by atoms with Crippen LogP contribution in [0.5, 0.6) is 5.88 Å². The summed E-state index contributed by atoms with van der Waals surface area (Å²) >= 11 is 2.03. The van der Waals surface area contributed by atoms with Crippen LogP contribution in [-0.4, -0.2) is 33.9 Å². The number of rotatable bonds is 6. The van der Waals surface area contributed by atoms with E-state index in [1.54, 1.807) is 48.5 Å². The lowest BCUT2D eigenvalue weighted by Gasteiger charge is -2.04. The van der Waals surface area contributed by atoms with Crippen molar-refractivity contribution in [2.45, 2.75) is 6.54 Å². The van der Waals surface area contributed by atoms with Crippen LogP contribution < -0.4 is 11.1 Å². The lowest BCUT2D eigenvalue weighted by molar-refractivity contribution is -0.119. The molecule has 4 N–H and O–H groups in total. The van der Waals surface area contributed by atoms with Gasteiger partial charge in [0, 0.05) is 8.96 Å². The second kappa shape index (κ2) is 8.82. The van der Waals surface area contributed by atoms with E-state index in [1.165, 1.54) is 4.57 Å². The maximum absolute atomic E-state index is 12.2. The van der Waals surface area contributed by atoms with Crippen molar-refractivity contribution >= 4 is 56.9 Å². The quantitative estimate of drug-likeness (QED) is 0.350. The Labute approximate surface area is 178 Å². The van der Waals surface area contributed by atoms with Gasteiger partial charge in [-0.2, -0.15) is 0 Å². The van der Waals surface area contributed by atoms with E-state index in [9.17, 15) is 19.5 Å². The van der Waals surface area contributed by atoms with Gasteiger partial charge < -0.3 is 20.7 Å². The molecule has 0 fully saturated rings. The molecule has 148 valence electrons. The number of aromatic hydroxyl groups is 1. The van der Waals surface area contributed by atoms with Crippen molar-refractivity contribution in [2.75, 3.05) is 6.54 Å². The Morgan fingerprint density at radius 1 is 1.10 bits per heavy atom. The van der Waals surface area contributed by atoms with Crippen LogP contribution in [0.1, 0.15) is 10.4 Å². The maximum Gasteiger partial charge on any atom is 0.283 e. The normalized spacial score (nSPS) is 11.1. The molecule has 10 heteroatoms. The molecule has 3 aromatic rings. The molecular formula is C19H16IN5O4. The molecule has 9 nitrogen and oxygen atoms in total. The van der Waals surface area contributed by atoms with E-state index in [0.29, 0.717) is 16.5 Å². The summed E-state index contributed by atoms with van der Waals surface area (Å²) in [4.78, 5) is 35.5. The van der Waals surface area contributed by atoms with E-state index in [-0.39, 0.29) is 24.7 Å². The van der Waals surface area contributed by atoms with Gasteiger partial charge in [0.25, 0.3) is 11.8 Å². The van der Waals surface area contributed by atoms with Crippen molar-refractivity contribution in [2.24, 2.45) is 16.0 Å². The zero-order chi connectivity index (χ0) is 21.0. The first-order valence-electron chi connectivity index (χ1n) is 8.44. The van der Waals surface area contributed by atoms with Gasteiger partial charge in [0.05, 0.1) is 11.1 Å². The number of benzene rings is 2. The fourth-order valence-corrected chi connectivity index (χ4v) is 3.36. The van der Waals surface area contributed by atoms with Crippen LogP contribution in [0.2, 0.25) is 0 Å². The molecule has 0 aliphatic rings. The first kappa shape index (κ1) is 20.5. The molecule has 0 spiro atoms. The average molecular weight is 505 g/mol. The summed E-state index contributed by atoms with van der Waals surface area (Å²) in [6.45, 7) is -0.602. The number of hydrogen-bond donors (Lipinski definition) is 3. The molecule has 0 atom stereocenters. The lowest BCUT2D eigenvalue weighted by Crippen LogP contribution is -2.29.